The van der Waals surface area contributed by atoms with Crippen molar-refractivity contribution in [2.24, 2.45) is 5.41 Å². The molecule has 1 amide bonds. The van der Waals surface area contributed by atoms with Crippen LogP contribution < -0.4 is 5.32 Å². The van der Waals surface area contributed by atoms with E-state index in [0.717, 1.165) is 5.69 Å². The van der Waals surface area contributed by atoms with Gasteiger partial charge in [0.1, 0.15) is 0 Å². The number of pyridine rings is 1. The van der Waals surface area contributed by atoms with Crippen molar-refractivity contribution in [3.05, 3.63) is 30.1 Å². The number of carbonyl (C=O) groups excluding carboxylic acids is 1. The van der Waals surface area contributed by atoms with E-state index in [1.807, 2.05) is 45.9 Å². The van der Waals surface area contributed by atoms with E-state index >= 15 is 0 Å². The summed E-state index contributed by atoms with van der Waals surface area (Å²) in [5, 5.41) is 2.98. The molecule has 0 unspecified atom stereocenters. The molecule has 0 aliphatic carbocycles. The molecule has 0 aliphatic rings. The number of nitrogens with zero attached hydrogens (tertiary/aromatic N) is 1. The molecule has 0 spiro atoms. The number of aromatic nitrogens is 1. The van der Waals surface area contributed by atoms with Gasteiger partial charge in [0.05, 0.1) is 16.6 Å². The fraction of sp³-hybridized carbons (Fsp3) is 0.538. The van der Waals surface area contributed by atoms with Crippen LogP contribution in [0.15, 0.2) is 24.4 Å². The van der Waals surface area contributed by atoms with Crippen LogP contribution in [-0.4, -0.2) is 16.8 Å². The van der Waals surface area contributed by atoms with E-state index in [1.165, 1.54) is 0 Å². The second-order valence-corrected chi connectivity index (χ2v) is 5.58. The van der Waals surface area contributed by atoms with Crippen LogP contribution in [-0.2, 0) is 10.3 Å². The minimum atomic E-state index is -0.576. The third-order valence-corrected chi connectivity index (χ3v) is 3.35. The molecule has 0 bridgehead atoms. The lowest BCUT2D eigenvalue weighted by Crippen LogP contribution is -2.48. The van der Waals surface area contributed by atoms with Crippen molar-refractivity contribution in [2.45, 2.75) is 33.2 Å². The van der Waals surface area contributed by atoms with Gasteiger partial charge in [-0.2, -0.15) is 0 Å². The lowest BCUT2D eigenvalue weighted by molar-refractivity contribution is -0.130. The fourth-order valence-corrected chi connectivity index (χ4v) is 1.43. The van der Waals surface area contributed by atoms with Gasteiger partial charge in [0.2, 0.25) is 5.91 Å². The predicted molar refractivity (Wildman–Crippen MR) is 69.9 cm³/mol. The Morgan fingerprint density at radius 3 is 2.47 bits per heavy atom. The molecule has 0 aromatic carbocycles. The van der Waals surface area contributed by atoms with Crippen LogP contribution >= 0.6 is 11.6 Å². The topological polar surface area (TPSA) is 42.0 Å². The van der Waals surface area contributed by atoms with Gasteiger partial charge in [0, 0.05) is 12.1 Å². The highest BCUT2D eigenvalue weighted by molar-refractivity contribution is 6.19. The first-order valence-corrected chi connectivity index (χ1v) is 6.13. The average Bonchev–Trinajstić information content (AvgIpc) is 2.29. The summed E-state index contributed by atoms with van der Waals surface area (Å²) in [7, 11) is 0. The maximum atomic E-state index is 12.1. The molecule has 1 aromatic heterocycles. The third-order valence-electron chi connectivity index (χ3n) is 2.68. The van der Waals surface area contributed by atoms with Crippen LogP contribution in [0.3, 0.4) is 0 Å². The Morgan fingerprint density at radius 1 is 1.35 bits per heavy atom. The zero-order chi connectivity index (χ0) is 13.1. The molecule has 0 aliphatic heterocycles. The normalized spacial score (nSPS) is 12.3. The number of rotatable bonds is 4. The number of hydrogen-bond acceptors (Lipinski definition) is 2. The van der Waals surface area contributed by atoms with Crippen LogP contribution in [0.5, 0.6) is 0 Å². The smallest absolute Gasteiger partial charge is 0.227 e. The van der Waals surface area contributed by atoms with Gasteiger partial charge in [0.25, 0.3) is 0 Å². The minimum Gasteiger partial charge on any atom is -0.345 e. The summed E-state index contributed by atoms with van der Waals surface area (Å²) in [6.45, 7) is 7.50. The highest BCUT2D eigenvalue weighted by atomic mass is 35.5. The summed E-state index contributed by atoms with van der Waals surface area (Å²) in [6.07, 6.45) is 1.72. The number of carbonyl (C=O) groups is 1. The lowest BCUT2D eigenvalue weighted by Gasteiger charge is -2.30. The molecule has 1 N–H and O–H groups in total. The van der Waals surface area contributed by atoms with Crippen LogP contribution in [0.2, 0.25) is 0 Å². The zero-order valence-corrected chi connectivity index (χ0v) is 11.5. The van der Waals surface area contributed by atoms with Crippen molar-refractivity contribution in [2.75, 3.05) is 5.88 Å². The first kappa shape index (κ1) is 14.0. The Kier molecular flexibility index (Phi) is 4.15. The zero-order valence-electron chi connectivity index (χ0n) is 10.7. The molecule has 17 heavy (non-hydrogen) atoms. The second-order valence-electron chi connectivity index (χ2n) is 5.31. The molecule has 0 saturated carbocycles. The number of nitrogens with one attached hydrogen (secondary N) is 1. The SMILES string of the molecule is CC(C)(CCl)C(=O)NC(C)(C)c1ccccn1. The molecule has 4 heteroatoms. The van der Waals surface area contributed by atoms with Gasteiger partial charge in [-0.05, 0) is 39.8 Å². The number of hydrogen-bond donors (Lipinski definition) is 1. The van der Waals surface area contributed by atoms with E-state index in [1.54, 1.807) is 6.20 Å². The Labute approximate surface area is 108 Å². The fourth-order valence-electron chi connectivity index (χ4n) is 1.31. The maximum absolute atomic E-state index is 12.1. The van der Waals surface area contributed by atoms with Crippen molar-refractivity contribution in [3.63, 3.8) is 0 Å². The van der Waals surface area contributed by atoms with Crippen molar-refractivity contribution in [3.8, 4) is 0 Å². The first-order valence-electron chi connectivity index (χ1n) is 5.60. The lowest BCUT2D eigenvalue weighted by atomic mass is 9.92. The molecule has 1 rings (SSSR count). The van der Waals surface area contributed by atoms with Crippen molar-refractivity contribution < 1.29 is 4.79 Å². The van der Waals surface area contributed by atoms with Gasteiger partial charge in [0.15, 0.2) is 0 Å². The molecule has 0 radical (unpaired) electrons. The highest BCUT2D eigenvalue weighted by Gasteiger charge is 2.32. The maximum Gasteiger partial charge on any atom is 0.227 e. The van der Waals surface area contributed by atoms with Crippen molar-refractivity contribution >= 4 is 17.5 Å². The Bertz CT molecular complexity index is 388. The van der Waals surface area contributed by atoms with Gasteiger partial charge < -0.3 is 5.32 Å². The molecular formula is C13H19ClN2O. The summed E-state index contributed by atoms with van der Waals surface area (Å²) < 4.78 is 0. The van der Waals surface area contributed by atoms with Crippen molar-refractivity contribution in [1.82, 2.24) is 10.3 Å². The van der Waals surface area contributed by atoms with E-state index in [2.05, 4.69) is 10.3 Å². The third kappa shape index (κ3) is 3.43. The summed E-state index contributed by atoms with van der Waals surface area (Å²) in [6, 6.07) is 5.65. The second kappa shape index (κ2) is 5.05. The Hall–Kier alpha value is -1.09. The molecular weight excluding hydrogens is 236 g/mol. The predicted octanol–water partition coefficient (Wildman–Crippen LogP) is 2.70. The van der Waals surface area contributed by atoms with Gasteiger partial charge in [-0.3, -0.25) is 9.78 Å². The Balaban J connectivity index is 2.84. The summed E-state index contributed by atoms with van der Waals surface area (Å²) in [5.41, 5.74) is -0.242. The molecule has 0 fully saturated rings. The minimum absolute atomic E-state index is 0.0665. The van der Waals surface area contributed by atoms with E-state index < -0.39 is 11.0 Å². The van der Waals surface area contributed by atoms with Crippen molar-refractivity contribution in [1.29, 1.82) is 0 Å². The van der Waals surface area contributed by atoms with Gasteiger partial charge in [-0.15, -0.1) is 11.6 Å². The number of alkyl halides is 1. The van der Waals surface area contributed by atoms with Gasteiger partial charge in [-0.1, -0.05) is 6.07 Å². The molecule has 3 nitrogen and oxygen atoms in total. The van der Waals surface area contributed by atoms with Gasteiger partial charge >= 0.3 is 0 Å². The molecule has 0 saturated heterocycles. The number of halogens is 1. The summed E-state index contributed by atoms with van der Waals surface area (Å²) >= 11 is 5.79. The van der Waals surface area contributed by atoms with Gasteiger partial charge in [-0.25, -0.2) is 0 Å². The highest BCUT2D eigenvalue weighted by Crippen LogP contribution is 2.22. The molecule has 94 valence electrons. The number of amides is 1. The van der Waals surface area contributed by atoms with E-state index in [0.29, 0.717) is 0 Å². The standard InChI is InChI=1S/C13H19ClN2O/c1-12(2,9-14)11(17)16-13(3,4)10-7-5-6-8-15-10/h5-8H,9H2,1-4H3,(H,16,17). The monoisotopic (exact) mass is 254 g/mol. The summed E-state index contributed by atoms with van der Waals surface area (Å²) in [5.74, 6) is 0.222. The summed E-state index contributed by atoms with van der Waals surface area (Å²) in [4.78, 5) is 16.3. The van der Waals surface area contributed by atoms with E-state index in [-0.39, 0.29) is 11.8 Å². The van der Waals surface area contributed by atoms with E-state index in [4.69, 9.17) is 11.6 Å². The largest absolute Gasteiger partial charge is 0.345 e. The quantitative estimate of drug-likeness (QED) is 0.840. The first-order chi connectivity index (χ1) is 7.79. The Morgan fingerprint density at radius 2 is 2.00 bits per heavy atom. The molecule has 0 atom stereocenters. The van der Waals surface area contributed by atoms with Crippen LogP contribution in [0.4, 0.5) is 0 Å². The molecule has 1 heterocycles. The van der Waals surface area contributed by atoms with E-state index in [9.17, 15) is 4.79 Å². The van der Waals surface area contributed by atoms with Crippen LogP contribution in [0.1, 0.15) is 33.4 Å². The average molecular weight is 255 g/mol. The molecule has 1 aromatic rings. The van der Waals surface area contributed by atoms with Crippen LogP contribution in [0, 0.1) is 5.41 Å². The van der Waals surface area contributed by atoms with Crippen LogP contribution in [0.25, 0.3) is 0 Å².